The lowest BCUT2D eigenvalue weighted by molar-refractivity contribution is 0.0525. The molecule has 0 radical (unpaired) electrons. The number of ether oxygens (including phenoxy) is 1. The van der Waals surface area contributed by atoms with Crippen LogP contribution in [0, 0.1) is 23.3 Å². The van der Waals surface area contributed by atoms with E-state index in [0.717, 1.165) is 40.8 Å². The fourth-order valence-corrected chi connectivity index (χ4v) is 3.51. The topological polar surface area (TPSA) is 47.8 Å². The number of esters is 1. The molecule has 32 heavy (non-hydrogen) atoms. The number of fused-ring (bicyclic) bond motifs is 1. The van der Waals surface area contributed by atoms with Crippen LogP contribution >= 0.6 is 0 Å². The van der Waals surface area contributed by atoms with Crippen LogP contribution in [0.1, 0.15) is 33.3 Å². The van der Waals surface area contributed by atoms with E-state index in [-0.39, 0.29) is 34.5 Å². The molecule has 2 heterocycles. The Bertz CT molecular complexity index is 1360. The minimum absolute atomic E-state index is 0.0175. The van der Waals surface area contributed by atoms with Gasteiger partial charge in [-0.2, -0.15) is 0 Å². The average molecular weight is 441 g/mol. The Morgan fingerprint density at radius 2 is 1.53 bits per heavy atom. The van der Waals surface area contributed by atoms with Crippen molar-refractivity contribution >= 4 is 17.3 Å². The van der Waals surface area contributed by atoms with Crippen LogP contribution in [0.4, 0.5) is 17.6 Å². The van der Waals surface area contributed by atoms with Crippen molar-refractivity contribution in [2.24, 2.45) is 0 Å². The molecule has 0 aliphatic carbocycles. The highest BCUT2D eigenvalue weighted by molar-refractivity contribution is 6.10. The molecule has 0 unspecified atom stereocenters. The Hall–Kier alpha value is -3.94. The van der Waals surface area contributed by atoms with E-state index in [1.54, 1.807) is 6.92 Å². The maximum atomic E-state index is 14.9. The van der Waals surface area contributed by atoms with Gasteiger partial charge in [0.2, 0.25) is 5.78 Å². The highest BCUT2D eigenvalue weighted by Crippen LogP contribution is 2.33. The highest BCUT2D eigenvalue weighted by Gasteiger charge is 2.25. The van der Waals surface area contributed by atoms with E-state index in [2.05, 4.69) is 0 Å². The molecule has 0 aliphatic heterocycles. The molecule has 162 valence electrons. The van der Waals surface area contributed by atoms with Crippen molar-refractivity contribution in [2.45, 2.75) is 6.92 Å². The number of pyridine rings is 1. The van der Waals surface area contributed by atoms with Crippen molar-refractivity contribution in [3.05, 3.63) is 101 Å². The van der Waals surface area contributed by atoms with Crippen molar-refractivity contribution in [3.63, 3.8) is 0 Å². The first-order chi connectivity index (χ1) is 15.3. The summed E-state index contributed by atoms with van der Waals surface area (Å²) in [6, 6.07) is 10.1. The third-order valence-corrected chi connectivity index (χ3v) is 4.93. The number of halogens is 4. The SMILES string of the molecule is CCOC(=O)c1ccc(-c2cc(C(=O)c3c(F)cccc3F)n3cccc(F)c23)c(F)c1. The Morgan fingerprint density at radius 1 is 0.844 bits per heavy atom. The van der Waals surface area contributed by atoms with Gasteiger partial charge in [0.1, 0.15) is 23.3 Å². The fourth-order valence-electron chi connectivity index (χ4n) is 3.51. The summed E-state index contributed by atoms with van der Waals surface area (Å²) in [5.74, 6) is -5.54. The summed E-state index contributed by atoms with van der Waals surface area (Å²) >= 11 is 0. The summed E-state index contributed by atoms with van der Waals surface area (Å²) < 4.78 is 64.0. The number of rotatable bonds is 5. The Balaban J connectivity index is 1.92. The molecule has 0 saturated carbocycles. The second kappa shape index (κ2) is 8.30. The first-order valence-corrected chi connectivity index (χ1v) is 9.58. The molecule has 4 nitrogen and oxygen atoms in total. The molecular formula is C24H15F4NO3. The second-order valence-electron chi connectivity index (χ2n) is 6.86. The quantitative estimate of drug-likeness (QED) is 0.231. The van der Waals surface area contributed by atoms with Gasteiger partial charge in [0.05, 0.1) is 28.9 Å². The molecule has 2 aromatic heterocycles. The molecule has 0 amide bonds. The predicted octanol–water partition coefficient (Wildman–Crippen LogP) is 5.57. The van der Waals surface area contributed by atoms with Crippen molar-refractivity contribution in [2.75, 3.05) is 6.61 Å². The van der Waals surface area contributed by atoms with Crippen molar-refractivity contribution in [1.82, 2.24) is 4.40 Å². The minimum atomic E-state index is -1.08. The number of aromatic nitrogens is 1. The monoisotopic (exact) mass is 441 g/mol. The third kappa shape index (κ3) is 3.53. The van der Waals surface area contributed by atoms with E-state index in [4.69, 9.17) is 4.74 Å². The average Bonchev–Trinajstić information content (AvgIpc) is 3.14. The number of hydrogen-bond acceptors (Lipinski definition) is 3. The highest BCUT2D eigenvalue weighted by atomic mass is 19.1. The molecule has 0 atom stereocenters. The summed E-state index contributed by atoms with van der Waals surface area (Å²) in [4.78, 5) is 24.8. The molecule has 0 fully saturated rings. The zero-order valence-corrected chi connectivity index (χ0v) is 16.7. The molecule has 0 aliphatic rings. The fraction of sp³-hybridized carbons (Fsp3) is 0.0833. The van der Waals surface area contributed by atoms with Gasteiger partial charge in [0, 0.05) is 17.3 Å². The van der Waals surface area contributed by atoms with Gasteiger partial charge in [0.25, 0.3) is 0 Å². The Kier molecular flexibility index (Phi) is 5.52. The van der Waals surface area contributed by atoms with Crippen molar-refractivity contribution in [1.29, 1.82) is 0 Å². The second-order valence-corrected chi connectivity index (χ2v) is 6.86. The van der Waals surface area contributed by atoms with Gasteiger partial charge in [0.15, 0.2) is 0 Å². The minimum Gasteiger partial charge on any atom is -0.462 e. The van der Waals surface area contributed by atoms with Gasteiger partial charge in [-0.1, -0.05) is 12.1 Å². The van der Waals surface area contributed by atoms with Crippen LogP contribution < -0.4 is 0 Å². The third-order valence-electron chi connectivity index (χ3n) is 4.93. The Morgan fingerprint density at radius 3 is 2.19 bits per heavy atom. The standard InChI is InChI=1S/C24H15F4NO3/c1-2-32-24(31)13-8-9-14(19(28)11-13)15-12-20(29-10-4-7-18(27)22(15)29)23(30)21-16(25)5-3-6-17(21)26/h3-12H,2H2,1H3. The molecule has 2 aromatic carbocycles. The maximum Gasteiger partial charge on any atom is 0.338 e. The summed E-state index contributed by atoms with van der Waals surface area (Å²) in [6.07, 6.45) is 1.33. The summed E-state index contributed by atoms with van der Waals surface area (Å²) in [6.45, 7) is 1.71. The summed E-state index contributed by atoms with van der Waals surface area (Å²) in [7, 11) is 0. The lowest BCUT2D eigenvalue weighted by atomic mass is 10.0. The van der Waals surface area contributed by atoms with Gasteiger partial charge in [-0.05, 0) is 49.4 Å². The van der Waals surface area contributed by atoms with E-state index in [1.807, 2.05) is 0 Å². The first kappa shape index (κ1) is 21.3. The smallest absolute Gasteiger partial charge is 0.338 e. The zero-order valence-electron chi connectivity index (χ0n) is 16.7. The number of benzene rings is 2. The molecule has 4 aromatic rings. The van der Waals surface area contributed by atoms with Crippen LogP contribution in [0.5, 0.6) is 0 Å². The molecule has 0 bridgehead atoms. The van der Waals surface area contributed by atoms with Crippen LogP contribution in [0.15, 0.2) is 60.8 Å². The Labute approximate surface area is 179 Å². The van der Waals surface area contributed by atoms with Gasteiger partial charge in [-0.15, -0.1) is 0 Å². The van der Waals surface area contributed by atoms with Gasteiger partial charge in [-0.3, -0.25) is 4.79 Å². The molecule has 0 N–H and O–H groups in total. The largest absolute Gasteiger partial charge is 0.462 e. The lowest BCUT2D eigenvalue weighted by Crippen LogP contribution is -2.10. The van der Waals surface area contributed by atoms with Crippen molar-refractivity contribution in [3.8, 4) is 11.1 Å². The van der Waals surface area contributed by atoms with Crippen LogP contribution in [0.2, 0.25) is 0 Å². The number of nitrogens with zero attached hydrogens (tertiary/aromatic N) is 1. The molecular weight excluding hydrogens is 426 g/mol. The number of ketones is 1. The van der Waals surface area contributed by atoms with Crippen LogP contribution in [0.3, 0.4) is 0 Å². The number of carbonyl (C=O) groups excluding carboxylic acids is 2. The molecule has 8 heteroatoms. The summed E-state index contributed by atoms with van der Waals surface area (Å²) in [5.41, 5.74) is -1.38. The van der Waals surface area contributed by atoms with E-state index >= 15 is 0 Å². The van der Waals surface area contributed by atoms with E-state index in [0.29, 0.717) is 0 Å². The van der Waals surface area contributed by atoms with Crippen molar-refractivity contribution < 1.29 is 31.9 Å². The predicted molar refractivity (Wildman–Crippen MR) is 108 cm³/mol. The van der Waals surface area contributed by atoms with E-state index < -0.39 is 40.6 Å². The van der Waals surface area contributed by atoms with Crippen LogP contribution in [0.25, 0.3) is 16.6 Å². The number of hydrogen-bond donors (Lipinski definition) is 0. The van der Waals surface area contributed by atoms with E-state index in [1.165, 1.54) is 24.4 Å². The molecule has 0 saturated heterocycles. The number of carbonyl (C=O) groups is 2. The first-order valence-electron chi connectivity index (χ1n) is 9.58. The molecule has 0 spiro atoms. The van der Waals surface area contributed by atoms with E-state index in [9.17, 15) is 27.2 Å². The maximum absolute atomic E-state index is 14.9. The summed E-state index contributed by atoms with van der Waals surface area (Å²) in [5, 5.41) is 0. The molecule has 4 rings (SSSR count). The van der Waals surface area contributed by atoms with Gasteiger partial charge >= 0.3 is 5.97 Å². The van der Waals surface area contributed by atoms with Gasteiger partial charge < -0.3 is 9.14 Å². The van der Waals surface area contributed by atoms with Crippen LogP contribution in [-0.4, -0.2) is 22.8 Å². The lowest BCUT2D eigenvalue weighted by Gasteiger charge is -2.07. The van der Waals surface area contributed by atoms with Gasteiger partial charge in [-0.25, -0.2) is 22.4 Å². The normalized spacial score (nSPS) is 11.0. The zero-order chi connectivity index (χ0) is 23.0. The van der Waals surface area contributed by atoms with Crippen LogP contribution in [-0.2, 0) is 4.74 Å².